The Balaban J connectivity index is 2.65. The summed E-state index contributed by atoms with van der Waals surface area (Å²) in [6.45, 7) is 1.75. The number of halogens is 2. The largest absolute Gasteiger partial charge is 0.392 e. The van der Waals surface area contributed by atoms with Crippen LogP contribution < -0.4 is 0 Å². The number of aliphatic hydroxyl groups excluding tert-OH is 1. The lowest BCUT2D eigenvalue weighted by Crippen LogP contribution is -1.94. The molecule has 0 aliphatic rings. The minimum absolute atomic E-state index is 0.0632. The summed E-state index contributed by atoms with van der Waals surface area (Å²) in [5.41, 5.74) is 0.271. The maximum atomic E-state index is 13.4. The monoisotopic (exact) mass is 246 g/mol. The van der Waals surface area contributed by atoms with Crippen molar-refractivity contribution in [2.75, 3.05) is 5.75 Å². The number of unbranched alkanes of at least 4 members (excludes halogenated alkanes) is 2. The summed E-state index contributed by atoms with van der Waals surface area (Å²) in [6.07, 6.45) is 3.13. The molecule has 1 aromatic rings. The Hall–Kier alpha value is -0.610. The van der Waals surface area contributed by atoms with Gasteiger partial charge >= 0.3 is 0 Å². The second-order valence-electron chi connectivity index (χ2n) is 3.60. The Bertz CT molecular complexity index is 319. The predicted molar refractivity (Wildman–Crippen MR) is 62.5 cm³/mol. The summed E-state index contributed by atoms with van der Waals surface area (Å²) in [6, 6.07) is 2.37. The van der Waals surface area contributed by atoms with Crippen LogP contribution in [0.4, 0.5) is 8.78 Å². The normalized spacial score (nSPS) is 10.8. The fourth-order valence-electron chi connectivity index (χ4n) is 1.37. The number of aliphatic hydroxyl groups is 1. The SMILES string of the molecule is CCCCCSc1c(F)cc(CO)cc1F. The highest BCUT2D eigenvalue weighted by atomic mass is 32.2. The van der Waals surface area contributed by atoms with Gasteiger partial charge in [-0.2, -0.15) is 0 Å². The molecule has 16 heavy (non-hydrogen) atoms. The predicted octanol–water partition coefficient (Wildman–Crippen LogP) is 3.74. The Morgan fingerprint density at radius 2 is 1.81 bits per heavy atom. The second-order valence-corrected chi connectivity index (χ2v) is 4.71. The van der Waals surface area contributed by atoms with Gasteiger partial charge in [0.05, 0.1) is 11.5 Å². The Morgan fingerprint density at radius 1 is 1.19 bits per heavy atom. The number of rotatable bonds is 6. The summed E-state index contributed by atoms with van der Waals surface area (Å²) >= 11 is 1.20. The minimum atomic E-state index is -0.578. The number of hydrogen-bond donors (Lipinski definition) is 1. The lowest BCUT2D eigenvalue weighted by Gasteiger charge is -2.06. The summed E-state index contributed by atoms with van der Waals surface area (Å²) in [5.74, 6) is -0.434. The van der Waals surface area contributed by atoms with Crippen LogP contribution in [-0.2, 0) is 6.61 Å². The molecular formula is C12H16F2OS. The highest BCUT2D eigenvalue weighted by molar-refractivity contribution is 7.99. The van der Waals surface area contributed by atoms with E-state index in [0.717, 1.165) is 25.0 Å². The van der Waals surface area contributed by atoms with Gasteiger partial charge in [0.2, 0.25) is 0 Å². The van der Waals surface area contributed by atoms with Crippen molar-refractivity contribution >= 4 is 11.8 Å². The summed E-state index contributed by atoms with van der Waals surface area (Å²) in [7, 11) is 0. The molecule has 0 atom stereocenters. The molecule has 0 heterocycles. The average molecular weight is 246 g/mol. The lowest BCUT2D eigenvalue weighted by atomic mass is 10.2. The smallest absolute Gasteiger partial charge is 0.140 e. The van der Waals surface area contributed by atoms with Gasteiger partial charge in [0.15, 0.2) is 0 Å². The van der Waals surface area contributed by atoms with Crippen molar-refractivity contribution in [2.24, 2.45) is 0 Å². The second kappa shape index (κ2) is 6.86. The molecule has 0 radical (unpaired) electrons. The first-order chi connectivity index (χ1) is 7.69. The van der Waals surface area contributed by atoms with Crippen LogP contribution in [0.5, 0.6) is 0 Å². The average Bonchev–Trinajstić information content (AvgIpc) is 2.26. The maximum Gasteiger partial charge on any atom is 0.140 e. The van der Waals surface area contributed by atoms with E-state index in [1.807, 2.05) is 0 Å². The Labute approximate surface area is 98.9 Å². The first-order valence-electron chi connectivity index (χ1n) is 5.40. The van der Waals surface area contributed by atoms with E-state index in [1.165, 1.54) is 23.9 Å². The first-order valence-corrected chi connectivity index (χ1v) is 6.39. The lowest BCUT2D eigenvalue weighted by molar-refractivity contribution is 0.280. The van der Waals surface area contributed by atoms with Crippen LogP contribution in [0.2, 0.25) is 0 Å². The molecule has 0 saturated carbocycles. The van der Waals surface area contributed by atoms with E-state index in [2.05, 4.69) is 6.92 Å². The van der Waals surface area contributed by atoms with Crippen molar-refractivity contribution in [1.82, 2.24) is 0 Å². The molecule has 1 nitrogen and oxygen atoms in total. The van der Waals surface area contributed by atoms with Crippen LogP contribution in [0.25, 0.3) is 0 Å². The van der Waals surface area contributed by atoms with E-state index in [-0.39, 0.29) is 17.1 Å². The summed E-state index contributed by atoms with van der Waals surface area (Å²) < 4.78 is 26.9. The standard InChI is InChI=1S/C12H16F2OS/c1-2-3-4-5-16-12-10(13)6-9(8-15)7-11(12)14/h6-7,15H,2-5,8H2,1H3. The van der Waals surface area contributed by atoms with E-state index in [1.54, 1.807) is 0 Å². The van der Waals surface area contributed by atoms with E-state index in [9.17, 15) is 8.78 Å². The zero-order valence-electron chi connectivity index (χ0n) is 9.30. The molecule has 0 aliphatic carbocycles. The van der Waals surface area contributed by atoms with Gasteiger partial charge < -0.3 is 5.11 Å². The van der Waals surface area contributed by atoms with Gasteiger partial charge in [-0.15, -0.1) is 11.8 Å². The van der Waals surface area contributed by atoms with Gasteiger partial charge in [-0.05, 0) is 29.9 Å². The van der Waals surface area contributed by atoms with Crippen LogP contribution >= 0.6 is 11.8 Å². The molecule has 90 valence electrons. The van der Waals surface area contributed by atoms with E-state index < -0.39 is 11.6 Å². The fourth-order valence-corrected chi connectivity index (χ4v) is 2.31. The molecule has 0 saturated heterocycles. The van der Waals surface area contributed by atoms with Gasteiger partial charge in [-0.1, -0.05) is 19.8 Å². The highest BCUT2D eigenvalue weighted by Crippen LogP contribution is 2.27. The molecule has 1 N–H and O–H groups in total. The van der Waals surface area contributed by atoms with Crippen molar-refractivity contribution in [3.63, 3.8) is 0 Å². The maximum absolute atomic E-state index is 13.4. The molecule has 0 amide bonds. The highest BCUT2D eigenvalue weighted by Gasteiger charge is 2.11. The summed E-state index contributed by atoms with van der Waals surface area (Å²) in [4.78, 5) is 0.0632. The molecule has 1 aromatic carbocycles. The van der Waals surface area contributed by atoms with Crippen LogP contribution in [0.3, 0.4) is 0 Å². The number of benzene rings is 1. The van der Waals surface area contributed by atoms with Gasteiger partial charge in [0.25, 0.3) is 0 Å². The fraction of sp³-hybridized carbons (Fsp3) is 0.500. The van der Waals surface area contributed by atoms with Crippen molar-refractivity contribution in [2.45, 2.75) is 37.7 Å². The zero-order chi connectivity index (χ0) is 12.0. The number of thioether (sulfide) groups is 1. The molecule has 0 aromatic heterocycles. The van der Waals surface area contributed by atoms with Crippen LogP contribution in [0, 0.1) is 11.6 Å². The molecule has 0 aliphatic heterocycles. The topological polar surface area (TPSA) is 20.2 Å². The molecular weight excluding hydrogens is 230 g/mol. The van der Waals surface area contributed by atoms with E-state index in [0.29, 0.717) is 0 Å². The number of hydrogen-bond acceptors (Lipinski definition) is 2. The minimum Gasteiger partial charge on any atom is -0.392 e. The quantitative estimate of drug-likeness (QED) is 0.609. The third-order valence-corrected chi connectivity index (χ3v) is 3.41. The molecule has 0 unspecified atom stereocenters. The molecule has 0 fully saturated rings. The van der Waals surface area contributed by atoms with Crippen LogP contribution in [0.15, 0.2) is 17.0 Å². The van der Waals surface area contributed by atoms with Gasteiger partial charge in [0, 0.05) is 0 Å². The molecule has 1 rings (SSSR count). The van der Waals surface area contributed by atoms with Crippen molar-refractivity contribution < 1.29 is 13.9 Å². The Morgan fingerprint density at radius 3 is 2.31 bits per heavy atom. The van der Waals surface area contributed by atoms with Crippen molar-refractivity contribution in [3.05, 3.63) is 29.3 Å². The Kier molecular flexibility index (Phi) is 5.77. The van der Waals surface area contributed by atoms with Crippen molar-refractivity contribution in [1.29, 1.82) is 0 Å². The van der Waals surface area contributed by atoms with E-state index in [4.69, 9.17) is 5.11 Å². The van der Waals surface area contributed by atoms with Gasteiger partial charge in [-0.3, -0.25) is 0 Å². The zero-order valence-corrected chi connectivity index (χ0v) is 10.1. The van der Waals surface area contributed by atoms with Crippen LogP contribution in [0.1, 0.15) is 31.7 Å². The molecule has 4 heteroatoms. The first kappa shape index (κ1) is 13.5. The van der Waals surface area contributed by atoms with Crippen molar-refractivity contribution in [3.8, 4) is 0 Å². The third-order valence-electron chi connectivity index (χ3n) is 2.23. The van der Waals surface area contributed by atoms with E-state index >= 15 is 0 Å². The van der Waals surface area contributed by atoms with Gasteiger partial charge in [0.1, 0.15) is 11.6 Å². The van der Waals surface area contributed by atoms with Gasteiger partial charge in [-0.25, -0.2) is 8.78 Å². The van der Waals surface area contributed by atoms with Crippen LogP contribution in [-0.4, -0.2) is 10.9 Å². The molecule has 0 bridgehead atoms. The molecule has 0 spiro atoms. The third kappa shape index (κ3) is 3.76. The summed E-state index contributed by atoms with van der Waals surface area (Å²) in [5, 5.41) is 8.78.